The first-order chi connectivity index (χ1) is 9.99. The molecule has 0 aliphatic rings. The number of hydrogen-bond acceptors (Lipinski definition) is 3. The molecule has 0 atom stereocenters. The lowest BCUT2D eigenvalue weighted by Crippen LogP contribution is -2.37. The van der Waals surface area contributed by atoms with Gasteiger partial charge in [0.1, 0.15) is 0 Å². The summed E-state index contributed by atoms with van der Waals surface area (Å²) in [5.74, 6) is 0.482. The Balaban J connectivity index is 1.97. The summed E-state index contributed by atoms with van der Waals surface area (Å²) in [6, 6.07) is 7.86. The molecular formula is C15H21N5O. The predicted octanol–water partition coefficient (Wildman–Crippen LogP) is 2.28. The first-order valence-electron chi connectivity index (χ1n) is 6.94. The summed E-state index contributed by atoms with van der Waals surface area (Å²) in [6.07, 6.45) is 1.64. The van der Waals surface area contributed by atoms with Crippen molar-refractivity contribution in [1.29, 1.82) is 0 Å². The molecule has 1 heterocycles. The molecule has 0 radical (unpaired) electrons. The normalized spacial score (nSPS) is 10.7. The largest absolute Gasteiger partial charge is 0.332 e. The summed E-state index contributed by atoms with van der Waals surface area (Å²) in [5, 5.41) is 10.5. The maximum Gasteiger partial charge on any atom is 0.321 e. The third kappa shape index (κ3) is 3.59. The van der Waals surface area contributed by atoms with E-state index >= 15 is 0 Å². The summed E-state index contributed by atoms with van der Waals surface area (Å²) in [7, 11) is 3.55. The quantitative estimate of drug-likeness (QED) is 0.938. The summed E-state index contributed by atoms with van der Waals surface area (Å²) in [5.41, 5.74) is 2.97. The predicted molar refractivity (Wildman–Crippen MR) is 82.2 cm³/mol. The molecule has 0 saturated carbocycles. The first-order valence-corrected chi connectivity index (χ1v) is 6.94. The Kier molecular flexibility index (Phi) is 4.57. The van der Waals surface area contributed by atoms with E-state index in [0.29, 0.717) is 12.5 Å². The van der Waals surface area contributed by atoms with Crippen LogP contribution in [0.25, 0.3) is 0 Å². The lowest BCUT2D eigenvalue weighted by atomic mass is 10.0. The Bertz CT molecular complexity index is 603. The van der Waals surface area contributed by atoms with Crippen LogP contribution in [0.15, 0.2) is 30.5 Å². The SMILES string of the molecule is CC(C)c1ccc(N(C)C(=O)NCc2cnnn2C)cc1. The van der Waals surface area contributed by atoms with E-state index in [9.17, 15) is 4.79 Å². The zero-order valence-corrected chi connectivity index (χ0v) is 12.9. The number of aryl methyl sites for hydroxylation is 1. The van der Waals surface area contributed by atoms with Gasteiger partial charge in [-0.1, -0.05) is 31.2 Å². The van der Waals surface area contributed by atoms with E-state index in [2.05, 4.69) is 41.6 Å². The minimum absolute atomic E-state index is 0.159. The van der Waals surface area contributed by atoms with Gasteiger partial charge in [-0.05, 0) is 23.6 Å². The fourth-order valence-corrected chi connectivity index (χ4v) is 1.96. The third-order valence-corrected chi connectivity index (χ3v) is 3.48. The topological polar surface area (TPSA) is 63.1 Å². The summed E-state index contributed by atoms with van der Waals surface area (Å²) in [4.78, 5) is 13.7. The van der Waals surface area contributed by atoms with Crippen LogP contribution < -0.4 is 10.2 Å². The van der Waals surface area contributed by atoms with Crippen molar-refractivity contribution in [2.45, 2.75) is 26.3 Å². The molecule has 1 N–H and O–H groups in total. The third-order valence-electron chi connectivity index (χ3n) is 3.48. The van der Waals surface area contributed by atoms with Crippen LogP contribution in [0.2, 0.25) is 0 Å². The van der Waals surface area contributed by atoms with Crippen molar-refractivity contribution in [1.82, 2.24) is 20.3 Å². The Morgan fingerprint density at radius 3 is 2.52 bits per heavy atom. The van der Waals surface area contributed by atoms with Crippen molar-refractivity contribution in [3.63, 3.8) is 0 Å². The van der Waals surface area contributed by atoms with Gasteiger partial charge in [-0.3, -0.25) is 9.58 Å². The van der Waals surface area contributed by atoms with E-state index in [1.807, 2.05) is 12.1 Å². The number of aromatic nitrogens is 3. The highest BCUT2D eigenvalue weighted by Crippen LogP contribution is 2.19. The lowest BCUT2D eigenvalue weighted by Gasteiger charge is -2.18. The molecule has 0 aliphatic heterocycles. The standard InChI is InChI=1S/C15H21N5O/c1-11(2)12-5-7-13(8-6-12)19(3)15(21)16-9-14-10-17-18-20(14)4/h5-8,10-11H,9H2,1-4H3,(H,16,21). The van der Waals surface area contributed by atoms with E-state index in [1.165, 1.54) is 5.56 Å². The molecule has 2 amide bonds. The summed E-state index contributed by atoms with van der Waals surface area (Å²) >= 11 is 0. The first kappa shape index (κ1) is 15.0. The zero-order valence-electron chi connectivity index (χ0n) is 12.9. The van der Waals surface area contributed by atoms with Gasteiger partial charge in [0.15, 0.2) is 0 Å². The van der Waals surface area contributed by atoms with Crippen LogP contribution in [0, 0.1) is 0 Å². The Morgan fingerprint density at radius 2 is 2.00 bits per heavy atom. The van der Waals surface area contributed by atoms with Crippen molar-refractivity contribution < 1.29 is 4.79 Å². The Morgan fingerprint density at radius 1 is 1.33 bits per heavy atom. The number of benzene rings is 1. The maximum atomic E-state index is 12.1. The number of carbonyl (C=O) groups excluding carboxylic acids is 1. The fourth-order valence-electron chi connectivity index (χ4n) is 1.96. The molecule has 1 aromatic carbocycles. The number of amides is 2. The Hall–Kier alpha value is -2.37. The van der Waals surface area contributed by atoms with Gasteiger partial charge < -0.3 is 5.32 Å². The van der Waals surface area contributed by atoms with Crippen molar-refractivity contribution in [2.24, 2.45) is 7.05 Å². The molecule has 0 bridgehead atoms. The molecule has 21 heavy (non-hydrogen) atoms. The molecule has 0 unspecified atom stereocenters. The van der Waals surface area contributed by atoms with Crippen LogP contribution in [-0.2, 0) is 13.6 Å². The van der Waals surface area contributed by atoms with Gasteiger partial charge in [0.25, 0.3) is 0 Å². The van der Waals surface area contributed by atoms with Crippen molar-refractivity contribution in [3.05, 3.63) is 41.7 Å². The van der Waals surface area contributed by atoms with Crippen LogP contribution in [0.4, 0.5) is 10.5 Å². The highest BCUT2D eigenvalue weighted by molar-refractivity contribution is 5.91. The molecule has 2 aromatic rings. The number of urea groups is 1. The molecule has 6 nitrogen and oxygen atoms in total. The van der Waals surface area contributed by atoms with Gasteiger partial charge in [-0.25, -0.2) is 4.79 Å². The highest BCUT2D eigenvalue weighted by Gasteiger charge is 2.11. The molecule has 1 aromatic heterocycles. The molecule has 0 fully saturated rings. The van der Waals surface area contributed by atoms with Gasteiger partial charge in [-0.15, -0.1) is 5.10 Å². The van der Waals surface area contributed by atoms with E-state index in [4.69, 9.17) is 0 Å². The highest BCUT2D eigenvalue weighted by atomic mass is 16.2. The molecule has 0 spiro atoms. The van der Waals surface area contributed by atoms with Crippen LogP contribution in [0.3, 0.4) is 0 Å². The van der Waals surface area contributed by atoms with Crippen LogP contribution in [0.1, 0.15) is 31.0 Å². The average Bonchev–Trinajstić information content (AvgIpc) is 2.89. The Labute approximate surface area is 124 Å². The van der Waals surface area contributed by atoms with Gasteiger partial charge in [0, 0.05) is 19.8 Å². The van der Waals surface area contributed by atoms with E-state index < -0.39 is 0 Å². The number of anilines is 1. The zero-order chi connectivity index (χ0) is 15.4. The van der Waals surface area contributed by atoms with Crippen LogP contribution in [0.5, 0.6) is 0 Å². The number of hydrogen-bond donors (Lipinski definition) is 1. The van der Waals surface area contributed by atoms with E-state index in [-0.39, 0.29) is 6.03 Å². The fraction of sp³-hybridized carbons (Fsp3) is 0.400. The minimum atomic E-state index is -0.159. The summed E-state index contributed by atoms with van der Waals surface area (Å²) in [6.45, 7) is 4.69. The monoisotopic (exact) mass is 287 g/mol. The molecule has 0 saturated heterocycles. The second kappa shape index (κ2) is 6.39. The number of nitrogens with one attached hydrogen (secondary N) is 1. The number of nitrogens with zero attached hydrogens (tertiary/aromatic N) is 4. The molecule has 6 heteroatoms. The smallest absolute Gasteiger partial charge is 0.321 e. The minimum Gasteiger partial charge on any atom is -0.332 e. The van der Waals surface area contributed by atoms with Crippen LogP contribution >= 0.6 is 0 Å². The number of carbonyl (C=O) groups is 1. The second-order valence-corrected chi connectivity index (χ2v) is 5.31. The van der Waals surface area contributed by atoms with Crippen molar-refractivity contribution >= 4 is 11.7 Å². The van der Waals surface area contributed by atoms with Crippen LogP contribution in [-0.4, -0.2) is 28.1 Å². The maximum absolute atomic E-state index is 12.1. The van der Waals surface area contributed by atoms with Gasteiger partial charge >= 0.3 is 6.03 Å². The molecule has 2 rings (SSSR count). The molecule has 112 valence electrons. The summed E-state index contributed by atoms with van der Waals surface area (Å²) < 4.78 is 1.64. The average molecular weight is 287 g/mol. The molecule has 0 aliphatic carbocycles. The number of rotatable bonds is 4. The van der Waals surface area contributed by atoms with Gasteiger partial charge in [0.2, 0.25) is 0 Å². The van der Waals surface area contributed by atoms with E-state index in [0.717, 1.165) is 11.4 Å². The van der Waals surface area contributed by atoms with E-state index in [1.54, 1.807) is 29.9 Å². The lowest BCUT2D eigenvalue weighted by molar-refractivity contribution is 0.247. The van der Waals surface area contributed by atoms with Crippen molar-refractivity contribution in [3.8, 4) is 0 Å². The van der Waals surface area contributed by atoms with Gasteiger partial charge in [-0.2, -0.15) is 0 Å². The van der Waals surface area contributed by atoms with Crippen molar-refractivity contribution in [2.75, 3.05) is 11.9 Å². The van der Waals surface area contributed by atoms with Gasteiger partial charge in [0.05, 0.1) is 18.4 Å². The second-order valence-electron chi connectivity index (χ2n) is 5.31. The molecular weight excluding hydrogens is 266 g/mol.